The number of hydrogen-bond acceptors (Lipinski definition) is 2. The summed E-state index contributed by atoms with van der Waals surface area (Å²) in [6.07, 6.45) is 1.18. The monoisotopic (exact) mass is 267 g/mol. The maximum atomic E-state index is 5.78. The molecule has 1 saturated carbocycles. The van der Waals surface area contributed by atoms with Crippen LogP contribution in [0, 0.1) is 12.8 Å². The van der Waals surface area contributed by atoms with E-state index in [2.05, 4.69) is 49.4 Å². The first kappa shape index (κ1) is 13.2. The van der Waals surface area contributed by atoms with E-state index in [-0.39, 0.29) is 0 Å². The molecule has 2 heteroatoms. The van der Waals surface area contributed by atoms with Gasteiger partial charge in [0.1, 0.15) is 5.75 Å². The molecule has 0 radical (unpaired) electrons. The second kappa shape index (κ2) is 5.29. The summed E-state index contributed by atoms with van der Waals surface area (Å²) < 4.78 is 5.51. The quantitative estimate of drug-likeness (QED) is 0.916. The number of hydrogen-bond donors (Lipinski definition) is 1. The van der Waals surface area contributed by atoms with Crippen LogP contribution < -0.4 is 10.5 Å². The van der Waals surface area contributed by atoms with Crippen LogP contribution in [0.2, 0.25) is 0 Å². The van der Waals surface area contributed by atoms with Gasteiger partial charge in [0.25, 0.3) is 0 Å². The Kier molecular flexibility index (Phi) is 3.49. The van der Waals surface area contributed by atoms with E-state index in [1.54, 1.807) is 7.11 Å². The molecule has 0 aliphatic heterocycles. The summed E-state index contributed by atoms with van der Waals surface area (Å²) in [7, 11) is 1.74. The highest BCUT2D eigenvalue weighted by Crippen LogP contribution is 2.50. The largest absolute Gasteiger partial charge is 0.496 e. The van der Waals surface area contributed by atoms with Crippen LogP contribution in [0.1, 0.15) is 23.5 Å². The molecule has 0 heterocycles. The first-order chi connectivity index (χ1) is 9.72. The number of rotatable bonds is 4. The van der Waals surface area contributed by atoms with E-state index in [9.17, 15) is 0 Å². The Bertz CT molecular complexity index is 603. The second-order valence-corrected chi connectivity index (χ2v) is 5.66. The van der Waals surface area contributed by atoms with Gasteiger partial charge in [0.2, 0.25) is 0 Å². The number of benzene rings is 2. The van der Waals surface area contributed by atoms with Gasteiger partial charge in [-0.05, 0) is 60.5 Å². The van der Waals surface area contributed by atoms with Crippen molar-refractivity contribution >= 4 is 0 Å². The molecular weight excluding hydrogens is 246 g/mol. The van der Waals surface area contributed by atoms with Gasteiger partial charge in [-0.15, -0.1) is 0 Å². The molecule has 0 spiro atoms. The fourth-order valence-electron chi connectivity index (χ4n) is 2.84. The molecule has 0 aromatic heterocycles. The summed E-state index contributed by atoms with van der Waals surface area (Å²) in [5.74, 6) is 2.18. The maximum absolute atomic E-state index is 5.78. The summed E-state index contributed by atoms with van der Waals surface area (Å²) in [5, 5.41) is 0. The predicted octanol–water partition coefficient (Wildman–Crippen LogP) is 3.73. The van der Waals surface area contributed by atoms with E-state index in [1.165, 1.54) is 28.7 Å². The van der Waals surface area contributed by atoms with Crippen molar-refractivity contribution in [3.63, 3.8) is 0 Å². The lowest BCUT2D eigenvalue weighted by Gasteiger charge is -2.11. The molecule has 2 aromatic rings. The van der Waals surface area contributed by atoms with E-state index in [4.69, 9.17) is 10.5 Å². The van der Waals surface area contributed by atoms with Crippen molar-refractivity contribution in [1.82, 2.24) is 0 Å². The topological polar surface area (TPSA) is 35.2 Å². The number of aryl methyl sites for hydroxylation is 1. The minimum atomic E-state index is 0.570. The third-order valence-corrected chi connectivity index (χ3v) is 4.24. The van der Waals surface area contributed by atoms with Gasteiger partial charge in [-0.1, -0.05) is 35.9 Å². The van der Waals surface area contributed by atoms with Crippen LogP contribution in [0.25, 0.3) is 11.1 Å². The fourth-order valence-corrected chi connectivity index (χ4v) is 2.84. The number of ether oxygens (including phenoxy) is 1. The van der Waals surface area contributed by atoms with Crippen molar-refractivity contribution in [2.24, 2.45) is 11.7 Å². The van der Waals surface area contributed by atoms with Gasteiger partial charge < -0.3 is 10.5 Å². The average Bonchev–Trinajstić information content (AvgIpc) is 3.27. The van der Waals surface area contributed by atoms with Crippen LogP contribution in [0.4, 0.5) is 0 Å². The summed E-state index contributed by atoms with van der Waals surface area (Å²) >= 11 is 0. The van der Waals surface area contributed by atoms with Gasteiger partial charge in [0, 0.05) is 0 Å². The predicted molar refractivity (Wildman–Crippen MR) is 83.1 cm³/mol. The average molecular weight is 267 g/mol. The highest BCUT2D eigenvalue weighted by Gasteiger charge is 2.38. The highest BCUT2D eigenvalue weighted by molar-refractivity contribution is 5.66. The third kappa shape index (κ3) is 2.44. The molecule has 0 amide bonds. The minimum Gasteiger partial charge on any atom is -0.496 e. The number of nitrogens with two attached hydrogens (primary N) is 1. The molecule has 2 atom stereocenters. The molecule has 1 fully saturated rings. The lowest BCUT2D eigenvalue weighted by atomic mass is 9.99. The summed E-state index contributed by atoms with van der Waals surface area (Å²) in [6.45, 7) is 2.88. The van der Waals surface area contributed by atoms with Crippen molar-refractivity contribution in [1.29, 1.82) is 0 Å². The van der Waals surface area contributed by atoms with Gasteiger partial charge in [0.15, 0.2) is 0 Å². The molecule has 1 aliphatic carbocycles. The molecule has 0 saturated heterocycles. The molecule has 0 unspecified atom stereocenters. The summed E-state index contributed by atoms with van der Waals surface area (Å²) in [6, 6.07) is 15.1. The first-order valence-electron chi connectivity index (χ1n) is 7.18. The van der Waals surface area contributed by atoms with Crippen molar-refractivity contribution in [3.05, 3.63) is 53.6 Å². The van der Waals surface area contributed by atoms with Crippen molar-refractivity contribution in [2.45, 2.75) is 19.3 Å². The molecule has 1 aliphatic rings. The Labute approximate surface area is 120 Å². The third-order valence-electron chi connectivity index (χ3n) is 4.24. The summed E-state index contributed by atoms with van der Waals surface area (Å²) in [4.78, 5) is 0. The van der Waals surface area contributed by atoms with Crippen LogP contribution in [0.15, 0.2) is 42.5 Å². The minimum absolute atomic E-state index is 0.570. The van der Waals surface area contributed by atoms with Gasteiger partial charge >= 0.3 is 0 Å². The van der Waals surface area contributed by atoms with Crippen LogP contribution >= 0.6 is 0 Å². The Morgan fingerprint density at radius 2 is 1.80 bits per heavy atom. The van der Waals surface area contributed by atoms with Crippen molar-refractivity contribution in [3.8, 4) is 16.9 Å². The Morgan fingerprint density at radius 3 is 2.40 bits per heavy atom. The normalized spacial score (nSPS) is 20.8. The first-order valence-corrected chi connectivity index (χ1v) is 7.18. The van der Waals surface area contributed by atoms with Gasteiger partial charge in [-0.25, -0.2) is 0 Å². The molecule has 2 N–H and O–H groups in total. The van der Waals surface area contributed by atoms with Gasteiger partial charge in [0.05, 0.1) is 7.11 Å². The smallest absolute Gasteiger partial charge is 0.122 e. The van der Waals surface area contributed by atoms with Crippen LogP contribution in [0.3, 0.4) is 0 Å². The van der Waals surface area contributed by atoms with Crippen molar-refractivity contribution < 1.29 is 4.74 Å². The van der Waals surface area contributed by atoms with E-state index in [0.717, 1.165) is 12.3 Å². The Morgan fingerprint density at radius 1 is 1.10 bits per heavy atom. The lowest BCUT2D eigenvalue weighted by Crippen LogP contribution is -2.02. The molecule has 2 aromatic carbocycles. The van der Waals surface area contributed by atoms with Crippen LogP contribution in [-0.2, 0) is 0 Å². The Hall–Kier alpha value is -1.80. The zero-order chi connectivity index (χ0) is 14.1. The van der Waals surface area contributed by atoms with Crippen LogP contribution in [-0.4, -0.2) is 13.7 Å². The van der Waals surface area contributed by atoms with Crippen molar-refractivity contribution in [2.75, 3.05) is 13.7 Å². The molecule has 20 heavy (non-hydrogen) atoms. The molecular formula is C18H21NO. The molecule has 0 bridgehead atoms. The fraction of sp³-hybridized carbons (Fsp3) is 0.333. The van der Waals surface area contributed by atoms with E-state index < -0.39 is 0 Å². The standard InChI is InChI=1S/C18H21NO/c1-12-3-5-13(6-4-12)14-7-8-18(20-2)17(9-14)16-10-15(16)11-19/h3-9,15-16H,10-11,19H2,1-2H3/t15-,16+/m1/s1. The van der Waals surface area contributed by atoms with Gasteiger partial charge in [-0.2, -0.15) is 0 Å². The molecule has 3 rings (SSSR count). The van der Waals surface area contributed by atoms with E-state index >= 15 is 0 Å². The maximum Gasteiger partial charge on any atom is 0.122 e. The second-order valence-electron chi connectivity index (χ2n) is 5.66. The van der Waals surface area contributed by atoms with Gasteiger partial charge in [-0.3, -0.25) is 0 Å². The van der Waals surface area contributed by atoms with E-state index in [1.807, 2.05) is 0 Å². The zero-order valence-corrected chi connectivity index (χ0v) is 12.1. The SMILES string of the molecule is COc1ccc(-c2ccc(C)cc2)cc1[C@H]1C[C@@H]1CN. The lowest BCUT2D eigenvalue weighted by molar-refractivity contribution is 0.409. The van der Waals surface area contributed by atoms with Crippen LogP contribution in [0.5, 0.6) is 5.75 Å². The van der Waals surface area contributed by atoms with E-state index in [0.29, 0.717) is 11.8 Å². The summed E-state index contributed by atoms with van der Waals surface area (Å²) in [5.41, 5.74) is 10.9. The number of methoxy groups -OCH3 is 1. The highest BCUT2D eigenvalue weighted by atomic mass is 16.5. The Balaban J connectivity index is 1.97. The zero-order valence-electron chi connectivity index (χ0n) is 12.1. The molecule has 104 valence electrons. The molecule has 2 nitrogen and oxygen atoms in total.